The average Bonchev–Trinajstić information content (AvgIpc) is 3.07. The predicted octanol–water partition coefficient (Wildman–Crippen LogP) is 3.19. The summed E-state index contributed by atoms with van der Waals surface area (Å²) in [5.41, 5.74) is 7.21. The Labute approximate surface area is 134 Å². The van der Waals surface area contributed by atoms with E-state index >= 15 is 0 Å². The number of thiazole rings is 1. The van der Waals surface area contributed by atoms with Crippen LogP contribution < -0.4 is 0 Å². The Kier molecular flexibility index (Phi) is 3.47. The van der Waals surface area contributed by atoms with Gasteiger partial charge in [0.15, 0.2) is 0 Å². The molecule has 4 rings (SSSR count). The van der Waals surface area contributed by atoms with Crippen molar-refractivity contribution in [3.63, 3.8) is 0 Å². The summed E-state index contributed by atoms with van der Waals surface area (Å²) in [4.78, 5) is 7.03. The fraction of sp³-hybridized carbons (Fsp3) is 0.412. The Balaban J connectivity index is 1.56. The van der Waals surface area contributed by atoms with Crippen LogP contribution in [0, 0.1) is 0 Å². The highest BCUT2D eigenvalue weighted by atomic mass is 32.1. The summed E-state index contributed by atoms with van der Waals surface area (Å²) in [6.45, 7) is 4.49. The van der Waals surface area contributed by atoms with Gasteiger partial charge in [0.05, 0.1) is 21.9 Å². The standard InChI is InChI=1S/C17H20N4S/c1-12(13-3-4-17-15(9-13)18-11-22-17)21-7-5-14-10-19-20(2)16(14)6-8-21/h3-4,9-12H,5-8H2,1-2H3. The van der Waals surface area contributed by atoms with Gasteiger partial charge in [-0.1, -0.05) is 6.07 Å². The van der Waals surface area contributed by atoms with Gasteiger partial charge in [0.1, 0.15) is 0 Å². The topological polar surface area (TPSA) is 34.0 Å². The molecular formula is C17H20N4S. The van der Waals surface area contributed by atoms with E-state index in [-0.39, 0.29) is 0 Å². The second kappa shape index (κ2) is 5.48. The lowest BCUT2D eigenvalue weighted by Crippen LogP contribution is -2.29. The van der Waals surface area contributed by atoms with E-state index in [1.165, 1.54) is 21.5 Å². The monoisotopic (exact) mass is 312 g/mol. The van der Waals surface area contributed by atoms with Gasteiger partial charge in [-0.05, 0) is 36.6 Å². The maximum Gasteiger partial charge on any atom is 0.0815 e. The largest absolute Gasteiger partial charge is 0.296 e. The Morgan fingerprint density at radius 3 is 3.00 bits per heavy atom. The number of nitrogens with zero attached hydrogens (tertiary/aromatic N) is 4. The molecule has 22 heavy (non-hydrogen) atoms. The van der Waals surface area contributed by atoms with Gasteiger partial charge < -0.3 is 0 Å². The van der Waals surface area contributed by atoms with Crippen LogP contribution in [0.1, 0.15) is 29.8 Å². The number of aromatic nitrogens is 3. The van der Waals surface area contributed by atoms with Gasteiger partial charge in [0.25, 0.3) is 0 Å². The van der Waals surface area contributed by atoms with E-state index in [9.17, 15) is 0 Å². The van der Waals surface area contributed by atoms with Crippen LogP contribution in [0.25, 0.3) is 10.2 Å². The molecule has 0 aliphatic carbocycles. The molecule has 0 N–H and O–H groups in total. The van der Waals surface area contributed by atoms with Crippen LogP contribution in [-0.2, 0) is 19.9 Å². The van der Waals surface area contributed by atoms with Crippen LogP contribution in [0.3, 0.4) is 0 Å². The summed E-state index contributed by atoms with van der Waals surface area (Å²) in [5.74, 6) is 0. The Hall–Kier alpha value is -1.72. The van der Waals surface area contributed by atoms with E-state index < -0.39 is 0 Å². The van der Waals surface area contributed by atoms with E-state index in [0.717, 1.165) is 31.4 Å². The highest BCUT2D eigenvalue weighted by Gasteiger charge is 2.21. The molecule has 3 aromatic rings. The van der Waals surface area contributed by atoms with E-state index in [1.54, 1.807) is 11.3 Å². The Bertz CT molecular complexity index is 804. The first-order valence-corrected chi connectivity index (χ1v) is 8.67. The molecule has 5 heteroatoms. The van der Waals surface area contributed by atoms with Crippen LogP contribution in [-0.4, -0.2) is 32.8 Å². The smallest absolute Gasteiger partial charge is 0.0815 e. The molecule has 0 spiro atoms. The van der Waals surface area contributed by atoms with Crippen LogP contribution in [0.2, 0.25) is 0 Å². The third kappa shape index (κ3) is 2.34. The molecular weight excluding hydrogens is 292 g/mol. The first-order chi connectivity index (χ1) is 10.7. The zero-order valence-electron chi connectivity index (χ0n) is 13.0. The first kappa shape index (κ1) is 13.9. The van der Waals surface area contributed by atoms with Crippen LogP contribution >= 0.6 is 11.3 Å². The normalized spacial score (nSPS) is 17.4. The Morgan fingerprint density at radius 2 is 2.09 bits per heavy atom. The quantitative estimate of drug-likeness (QED) is 0.729. The minimum absolute atomic E-state index is 0.424. The highest BCUT2D eigenvalue weighted by Crippen LogP contribution is 2.27. The summed E-state index contributed by atoms with van der Waals surface area (Å²) in [6.07, 6.45) is 4.20. The van der Waals surface area contributed by atoms with Crippen molar-refractivity contribution in [1.82, 2.24) is 19.7 Å². The van der Waals surface area contributed by atoms with Crippen molar-refractivity contribution < 1.29 is 0 Å². The van der Waals surface area contributed by atoms with Crippen molar-refractivity contribution in [2.75, 3.05) is 13.1 Å². The minimum Gasteiger partial charge on any atom is -0.296 e. The van der Waals surface area contributed by atoms with Crippen molar-refractivity contribution in [3.8, 4) is 0 Å². The van der Waals surface area contributed by atoms with Gasteiger partial charge >= 0.3 is 0 Å². The van der Waals surface area contributed by atoms with Gasteiger partial charge in [0, 0.05) is 38.3 Å². The fourth-order valence-electron chi connectivity index (χ4n) is 3.40. The molecule has 1 aliphatic heterocycles. The number of fused-ring (bicyclic) bond motifs is 2. The summed E-state index contributed by atoms with van der Waals surface area (Å²) in [7, 11) is 2.05. The van der Waals surface area contributed by atoms with Gasteiger partial charge in [0.2, 0.25) is 0 Å². The second-order valence-corrected chi connectivity index (χ2v) is 6.92. The first-order valence-electron chi connectivity index (χ1n) is 7.79. The minimum atomic E-state index is 0.424. The summed E-state index contributed by atoms with van der Waals surface area (Å²) in [5, 5.41) is 4.39. The molecule has 1 aromatic carbocycles. The highest BCUT2D eigenvalue weighted by molar-refractivity contribution is 7.16. The average molecular weight is 312 g/mol. The fourth-order valence-corrected chi connectivity index (χ4v) is 4.06. The molecule has 0 radical (unpaired) electrons. The van der Waals surface area contributed by atoms with Gasteiger partial charge in [-0.3, -0.25) is 9.58 Å². The molecule has 114 valence electrons. The van der Waals surface area contributed by atoms with Crippen molar-refractivity contribution in [2.24, 2.45) is 7.05 Å². The molecule has 0 amide bonds. The number of benzene rings is 1. The summed E-state index contributed by atoms with van der Waals surface area (Å²) >= 11 is 1.71. The molecule has 0 saturated carbocycles. The van der Waals surface area contributed by atoms with Gasteiger partial charge in [-0.15, -0.1) is 11.3 Å². The lowest BCUT2D eigenvalue weighted by molar-refractivity contribution is 0.220. The lowest BCUT2D eigenvalue weighted by Gasteiger charge is -2.28. The molecule has 0 fully saturated rings. The molecule has 1 unspecified atom stereocenters. The maximum absolute atomic E-state index is 4.45. The van der Waals surface area contributed by atoms with E-state index in [0.29, 0.717) is 6.04 Å². The van der Waals surface area contributed by atoms with Crippen LogP contribution in [0.4, 0.5) is 0 Å². The third-order valence-electron chi connectivity index (χ3n) is 4.84. The van der Waals surface area contributed by atoms with Crippen LogP contribution in [0.15, 0.2) is 29.9 Å². The molecule has 1 aliphatic rings. The van der Waals surface area contributed by atoms with Gasteiger partial charge in [-0.2, -0.15) is 5.10 Å². The number of aryl methyl sites for hydroxylation is 1. The van der Waals surface area contributed by atoms with E-state index in [4.69, 9.17) is 0 Å². The SMILES string of the molecule is CC(c1ccc2scnc2c1)N1CCc2cnn(C)c2CC1. The molecule has 4 nitrogen and oxygen atoms in total. The number of rotatable bonds is 2. The number of hydrogen-bond donors (Lipinski definition) is 0. The molecule has 0 bridgehead atoms. The molecule has 0 saturated heterocycles. The molecule has 1 atom stereocenters. The van der Waals surface area contributed by atoms with Crippen molar-refractivity contribution in [1.29, 1.82) is 0 Å². The zero-order chi connectivity index (χ0) is 15.1. The predicted molar refractivity (Wildman–Crippen MR) is 90.2 cm³/mol. The third-order valence-corrected chi connectivity index (χ3v) is 5.65. The lowest BCUT2D eigenvalue weighted by atomic mass is 10.1. The van der Waals surface area contributed by atoms with Gasteiger partial charge in [-0.25, -0.2) is 4.98 Å². The van der Waals surface area contributed by atoms with E-state index in [1.807, 2.05) is 23.4 Å². The van der Waals surface area contributed by atoms with Crippen molar-refractivity contribution in [3.05, 3.63) is 46.7 Å². The maximum atomic E-state index is 4.45. The second-order valence-electron chi connectivity index (χ2n) is 6.03. The molecule has 2 aromatic heterocycles. The summed E-state index contributed by atoms with van der Waals surface area (Å²) < 4.78 is 3.30. The van der Waals surface area contributed by atoms with Crippen LogP contribution in [0.5, 0.6) is 0 Å². The summed E-state index contributed by atoms with van der Waals surface area (Å²) in [6, 6.07) is 7.13. The van der Waals surface area contributed by atoms with Crippen molar-refractivity contribution >= 4 is 21.6 Å². The van der Waals surface area contributed by atoms with Crippen molar-refractivity contribution in [2.45, 2.75) is 25.8 Å². The number of hydrogen-bond acceptors (Lipinski definition) is 4. The zero-order valence-corrected chi connectivity index (χ0v) is 13.8. The van der Waals surface area contributed by atoms with E-state index in [2.05, 4.69) is 40.1 Å². The molecule has 3 heterocycles. The Morgan fingerprint density at radius 1 is 1.23 bits per heavy atom.